The number of halogens is 2. The summed E-state index contributed by atoms with van der Waals surface area (Å²) in [4.78, 5) is 5.87. The maximum atomic E-state index is 12.9. The van der Waals surface area contributed by atoms with Crippen molar-refractivity contribution in [3.8, 4) is 11.3 Å². The number of alkyl halides is 2. The zero-order chi connectivity index (χ0) is 16.0. The Morgan fingerprint density at radius 2 is 1.83 bits per heavy atom. The van der Waals surface area contributed by atoms with Crippen LogP contribution in [0.15, 0.2) is 42.5 Å². The molecule has 3 aromatic rings. The molecule has 2 aromatic heterocycles. The van der Waals surface area contributed by atoms with Gasteiger partial charge in [-0.1, -0.05) is 30.3 Å². The summed E-state index contributed by atoms with van der Waals surface area (Å²) >= 11 is 0. The van der Waals surface area contributed by atoms with E-state index in [9.17, 15) is 8.78 Å². The van der Waals surface area contributed by atoms with Gasteiger partial charge in [-0.25, -0.2) is 13.3 Å². The minimum Gasteiger partial charge on any atom is -0.366 e. The Morgan fingerprint density at radius 1 is 1.09 bits per heavy atom. The second kappa shape index (κ2) is 4.99. The highest BCUT2D eigenvalue weighted by Crippen LogP contribution is 2.28. The molecule has 0 amide bonds. The van der Waals surface area contributed by atoms with Crippen molar-refractivity contribution in [3.05, 3.63) is 48.0 Å². The predicted octanol–water partition coefficient (Wildman–Crippen LogP) is 2.43. The van der Waals surface area contributed by atoms with Crippen LogP contribution in [0.1, 0.15) is 5.56 Å². The number of rotatable bonds is 3. The lowest BCUT2D eigenvalue weighted by Crippen LogP contribution is -2.55. The molecule has 1 aromatic carbocycles. The first-order valence-corrected chi connectivity index (χ1v) is 7.31. The highest BCUT2D eigenvalue weighted by molar-refractivity contribution is 5.63. The van der Waals surface area contributed by atoms with Crippen molar-refractivity contribution in [2.24, 2.45) is 0 Å². The number of nitrogens with zero attached hydrogens (tertiary/aromatic N) is 4. The van der Waals surface area contributed by atoms with E-state index in [1.165, 1.54) is 0 Å². The van der Waals surface area contributed by atoms with Crippen LogP contribution in [0.25, 0.3) is 16.9 Å². The largest absolute Gasteiger partial charge is 0.366 e. The van der Waals surface area contributed by atoms with E-state index in [-0.39, 0.29) is 19.0 Å². The Hall–Kier alpha value is -2.54. The molecule has 0 bridgehead atoms. The minimum atomic E-state index is -2.53. The molecule has 5 nitrogen and oxygen atoms in total. The summed E-state index contributed by atoms with van der Waals surface area (Å²) in [5, 5.41) is 4.19. The van der Waals surface area contributed by atoms with Crippen molar-refractivity contribution < 1.29 is 8.78 Å². The quantitative estimate of drug-likeness (QED) is 0.806. The van der Waals surface area contributed by atoms with E-state index in [4.69, 9.17) is 5.73 Å². The molecule has 1 aliphatic heterocycles. The van der Waals surface area contributed by atoms with Gasteiger partial charge in [-0.2, -0.15) is 4.98 Å². The van der Waals surface area contributed by atoms with Crippen LogP contribution in [0.4, 0.5) is 14.7 Å². The fourth-order valence-electron chi connectivity index (χ4n) is 2.90. The molecule has 7 heteroatoms. The van der Waals surface area contributed by atoms with Crippen molar-refractivity contribution in [1.29, 1.82) is 0 Å². The van der Waals surface area contributed by atoms with E-state index < -0.39 is 5.92 Å². The number of pyridine rings is 1. The zero-order valence-electron chi connectivity index (χ0n) is 12.3. The van der Waals surface area contributed by atoms with Gasteiger partial charge in [0.05, 0.1) is 18.8 Å². The molecule has 0 aliphatic carbocycles. The van der Waals surface area contributed by atoms with Crippen LogP contribution in [-0.4, -0.2) is 38.5 Å². The zero-order valence-corrected chi connectivity index (χ0v) is 12.3. The molecule has 3 heterocycles. The molecule has 0 spiro atoms. The molecule has 1 saturated heterocycles. The molecular weight excluding hydrogens is 300 g/mol. The summed E-state index contributed by atoms with van der Waals surface area (Å²) in [6.07, 6.45) is 0. The van der Waals surface area contributed by atoms with Gasteiger partial charge in [0, 0.05) is 12.1 Å². The number of nitrogens with two attached hydrogens (primary N) is 1. The molecule has 0 saturated carbocycles. The van der Waals surface area contributed by atoms with Crippen molar-refractivity contribution >= 4 is 11.6 Å². The Balaban J connectivity index is 1.58. The fourth-order valence-corrected chi connectivity index (χ4v) is 2.90. The predicted molar refractivity (Wildman–Crippen MR) is 83.1 cm³/mol. The van der Waals surface area contributed by atoms with Crippen LogP contribution >= 0.6 is 0 Å². The van der Waals surface area contributed by atoms with Crippen molar-refractivity contribution in [3.63, 3.8) is 0 Å². The van der Waals surface area contributed by atoms with E-state index >= 15 is 0 Å². The first kappa shape index (κ1) is 14.1. The molecule has 4 rings (SSSR count). The number of anilines is 1. The van der Waals surface area contributed by atoms with Crippen LogP contribution in [0, 0.1) is 0 Å². The maximum absolute atomic E-state index is 12.9. The normalized spacial score (nSPS) is 17.3. The topological polar surface area (TPSA) is 59.5 Å². The summed E-state index contributed by atoms with van der Waals surface area (Å²) in [6, 6.07) is 13.5. The van der Waals surface area contributed by atoms with Crippen molar-refractivity contribution in [2.45, 2.75) is 12.5 Å². The van der Waals surface area contributed by atoms with E-state index in [0.717, 1.165) is 16.8 Å². The maximum Gasteiger partial charge on any atom is 0.272 e. The number of likely N-dealkylation sites (tertiary alicyclic amines) is 1. The number of hydrogen-bond donors (Lipinski definition) is 1. The number of hydrogen-bond acceptors (Lipinski definition) is 4. The van der Waals surface area contributed by atoms with Gasteiger partial charge in [-0.3, -0.25) is 4.90 Å². The molecule has 2 N–H and O–H groups in total. The lowest BCUT2D eigenvalue weighted by Gasteiger charge is -2.38. The second-order valence-corrected chi connectivity index (χ2v) is 5.85. The summed E-state index contributed by atoms with van der Waals surface area (Å²) in [5.74, 6) is -2.30. The summed E-state index contributed by atoms with van der Waals surface area (Å²) in [7, 11) is 0. The van der Waals surface area contributed by atoms with Crippen LogP contribution in [0.3, 0.4) is 0 Å². The van der Waals surface area contributed by atoms with Gasteiger partial charge in [0.1, 0.15) is 0 Å². The first-order chi connectivity index (χ1) is 11.0. The van der Waals surface area contributed by atoms with Gasteiger partial charge in [-0.15, -0.1) is 5.10 Å². The second-order valence-electron chi connectivity index (χ2n) is 5.85. The minimum absolute atomic E-state index is 0.160. The van der Waals surface area contributed by atoms with E-state index in [2.05, 4.69) is 10.1 Å². The fraction of sp³-hybridized carbons (Fsp3) is 0.250. The average Bonchev–Trinajstić information content (AvgIpc) is 2.86. The lowest BCUT2D eigenvalue weighted by molar-refractivity contribution is -0.133. The summed E-state index contributed by atoms with van der Waals surface area (Å²) in [6.45, 7) is 0.217. The van der Waals surface area contributed by atoms with Gasteiger partial charge < -0.3 is 5.73 Å². The third kappa shape index (κ3) is 2.63. The van der Waals surface area contributed by atoms with Gasteiger partial charge >= 0.3 is 0 Å². The third-order valence-electron chi connectivity index (χ3n) is 3.94. The Bertz CT molecular complexity index is 849. The number of nitrogen functional groups attached to an aromatic ring is 1. The van der Waals surface area contributed by atoms with Crippen molar-refractivity contribution in [1.82, 2.24) is 19.5 Å². The monoisotopic (exact) mass is 315 g/mol. The van der Waals surface area contributed by atoms with Crippen LogP contribution in [0.5, 0.6) is 0 Å². The standard InChI is InChI=1S/C16H15F2N5/c17-16(18)9-22(10-16)8-11-4-6-12(7-5-11)13-2-1-3-14-20-15(19)21-23(13)14/h1-7H,8-10H2,(H2,19,21). The summed E-state index contributed by atoms with van der Waals surface area (Å²) < 4.78 is 27.4. The average molecular weight is 315 g/mol. The van der Waals surface area contributed by atoms with E-state index in [0.29, 0.717) is 12.2 Å². The van der Waals surface area contributed by atoms with Crippen LogP contribution in [-0.2, 0) is 6.54 Å². The SMILES string of the molecule is Nc1nc2cccc(-c3ccc(CN4CC(F)(F)C4)cc3)n2n1. The Kier molecular flexibility index (Phi) is 3.05. The lowest BCUT2D eigenvalue weighted by atomic mass is 10.1. The van der Waals surface area contributed by atoms with Crippen LogP contribution in [0.2, 0.25) is 0 Å². The number of benzene rings is 1. The highest BCUT2D eigenvalue weighted by atomic mass is 19.3. The first-order valence-electron chi connectivity index (χ1n) is 7.31. The smallest absolute Gasteiger partial charge is 0.272 e. The highest BCUT2D eigenvalue weighted by Gasteiger charge is 2.43. The molecule has 0 unspecified atom stereocenters. The number of fused-ring (bicyclic) bond motifs is 1. The molecule has 0 radical (unpaired) electrons. The van der Waals surface area contributed by atoms with Gasteiger partial charge in [-0.05, 0) is 17.7 Å². The Labute approximate surface area is 131 Å². The Morgan fingerprint density at radius 3 is 2.52 bits per heavy atom. The van der Waals surface area contributed by atoms with Crippen LogP contribution < -0.4 is 5.73 Å². The molecular formula is C16H15F2N5. The van der Waals surface area contributed by atoms with Crippen molar-refractivity contribution in [2.75, 3.05) is 18.8 Å². The van der Waals surface area contributed by atoms with E-state index in [1.807, 2.05) is 42.5 Å². The van der Waals surface area contributed by atoms with E-state index in [1.54, 1.807) is 9.42 Å². The van der Waals surface area contributed by atoms with Gasteiger partial charge in [0.2, 0.25) is 5.95 Å². The molecule has 118 valence electrons. The third-order valence-corrected chi connectivity index (χ3v) is 3.94. The van der Waals surface area contributed by atoms with Gasteiger partial charge in [0.25, 0.3) is 5.92 Å². The number of aromatic nitrogens is 3. The van der Waals surface area contributed by atoms with Gasteiger partial charge in [0.15, 0.2) is 5.65 Å². The molecule has 1 fully saturated rings. The molecule has 0 atom stereocenters. The molecule has 1 aliphatic rings. The summed E-state index contributed by atoms with van der Waals surface area (Å²) in [5.41, 5.74) is 9.20. The molecule has 23 heavy (non-hydrogen) atoms.